The monoisotopic (exact) mass is 367 g/mol. The molecule has 138 valence electrons. The van der Waals surface area contributed by atoms with Crippen molar-refractivity contribution >= 4 is 22.8 Å². The number of hydrogen-bond donors (Lipinski definition) is 3. The number of carbonyl (C=O) groups is 2. The minimum atomic E-state index is -1.20. The van der Waals surface area contributed by atoms with E-state index in [0.29, 0.717) is 16.5 Å². The number of carboxylic acids is 1. The van der Waals surface area contributed by atoms with E-state index in [9.17, 15) is 24.3 Å². The number of nitrogens with one attached hydrogen (secondary N) is 2. The molecule has 0 fully saturated rings. The number of nitrogens with zero attached hydrogens (tertiary/aromatic N) is 1. The fourth-order valence-electron chi connectivity index (χ4n) is 2.78. The minimum Gasteiger partial charge on any atom is -0.479 e. The van der Waals surface area contributed by atoms with Crippen LogP contribution in [0.25, 0.3) is 10.9 Å². The first-order chi connectivity index (χ1) is 13.0. The van der Waals surface area contributed by atoms with Crippen molar-refractivity contribution in [3.8, 4) is 0 Å². The SMILES string of the molecule is O=C(CCn1c(=O)[nH]c2ccccc2c1=O)N[C@H](C(=O)O)c1ccccc1. The topological polar surface area (TPSA) is 121 Å². The third kappa shape index (κ3) is 3.95. The fraction of sp³-hybridized carbons (Fsp3) is 0.158. The van der Waals surface area contributed by atoms with E-state index in [1.54, 1.807) is 54.6 Å². The summed E-state index contributed by atoms with van der Waals surface area (Å²) in [6.07, 6.45) is -0.210. The van der Waals surface area contributed by atoms with Gasteiger partial charge in [0.05, 0.1) is 10.9 Å². The van der Waals surface area contributed by atoms with E-state index in [2.05, 4.69) is 10.3 Å². The molecule has 0 saturated carbocycles. The van der Waals surface area contributed by atoms with Crippen LogP contribution >= 0.6 is 0 Å². The van der Waals surface area contributed by atoms with E-state index >= 15 is 0 Å². The van der Waals surface area contributed by atoms with Crippen LogP contribution in [-0.4, -0.2) is 26.5 Å². The van der Waals surface area contributed by atoms with Crippen LogP contribution in [0.5, 0.6) is 0 Å². The summed E-state index contributed by atoms with van der Waals surface area (Å²) in [6, 6.07) is 13.6. The van der Waals surface area contributed by atoms with Crippen LogP contribution in [0.2, 0.25) is 0 Å². The molecule has 0 aliphatic heterocycles. The quantitative estimate of drug-likeness (QED) is 0.601. The number of benzene rings is 2. The van der Waals surface area contributed by atoms with Crippen molar-refractivity contribution in [3.63, 3.8) is 0 Å². The van der Waals surface area contributed by atoms with Gasteiger partial charge in [0.25, 0.3) is 5.56 Å². The molecule has 1 atom stereocenters. The first kappa shape index (κ1) is 18.1. The smallest absolute Gasteiger partial charge is 0.330 e. The lowest BCUT2D eigenvalue weighted by atomic mass is 10.1. The Balaban J connectivity index is 1.76. The predicted octanol–water partition coefficient (Wildman–Crippen LogP) is 1.02. The lowest BCUT2D eigenvalue weighted by Gasteiger charge is -2.15. The molecule has 1 amide bonds. The number of hydrogen-bond acceptors (Lipinski definition) is 4. The van der Waals surface area contributed by atoms with E-state index < -0.39 is 29.2 Å². The van der Waals surface area contributed by atoms with Gasteiger partial charge >= 0.3 is 11.7 Å². The van der Waals surface area contributed by atoms with Gasteiger partial charge in [-0.1, -0.05) is 42.5 Å². The normalized spacial score (nSPS) is 11.9. The molecule has 0 bridgehead atoms. The van der Waals surface area contributed by atoms with Gasteiger partial charge in [0, 0.05) is 13.0 Å². The molecule has 0 spiro atoms. The van der Waals surface area contributed by atoms with Crippen LogP contribution in [-0.2, 0) is 16.1 Å². The summed E-state index contributed by atoms with van der Waals surface area (Å²) in [7, 11) is 0. The number of rotatable bonds is 6. The van der Waals surface area contributed by atoms with Gasteiger partial charge in [-0.3, -0.25) is 14.2 Å². The zero-order chi connectivity index (χ0) is 19.4. The number of aromatic nitrogens is 2. The van der Waals surface area contributed by atoms with Crippen molar-refractivity contribution in [1.29, 1.82) is 0 Å². The molecule has 0 radical (unpaired) electrons. The molecule has 2 aromatic carbocycles. The van der Waals surface area contributed by atoms with E-state index in [1.807, 2.05) is 0 Å². The highest BCUT2D eigenvalue weighted by Gasteiger charge is 2.21. The Morgan fingerprint density at radius 3 is 2.41 bits per heavy atom. The largest absolute Gasteiger partial charge is 0.479 e. The van der Waals surface area contributed by atoms with Gasteiger partial charge in [-0.25, -0.2) is 9.59 Å². The maximum atomic E-state index is 12.4. The Labute approximate surface area is 153 Å². The number of para-hydroxylation sites is 1. The van der Waals surface area contributed by atoms with Gasteiger partial charge in [0.15, 0.2) is 6.04 Å². The number of H-pyrrole nitrogens is 1. The summed E-state index contributed by atoms with van der Waals surface area (Å²) in [4.78, 5) is 50.7. The second-order valence-corrected chi connectivity index (χ2v) is 5.93. The minimum absolute atomic E-state index is 0.161. The van der Waals surface area contributed by atoms with Crippen molar-refractivity contribution < 1.29 is 14.7 Å². The van der Waals surface area contributed by atoms with E-state index in [0.717, 1.165) is 4.57 Å². The highest BCUT2D eigenvalue weighted by molar-refractivity contribution is 5.84. The Morgan fingerprint density at radius 1 is 1.04 bits per heavy atom. The molecule has 1 aromatic heterocycles. The number of carbonyl (C=O) groups excluding carboxylic acids is 1. The molecule has 8 heteroatoms. The maximum absolute atomic E-state index is 12.4. The van der Waals surface area contributed by atoms with Crippen molar-refractivity contribution in [2.75, 3.05) is 0 Å². The Kier molecular flexibility index (Phi) is 5.16. The summed E-state index contributed by atoms with van der Waals surface area (Å²) >= 11 is 0. The third-order valence-electron chi connectivity index (χ3n) is 4.14. The Hall–Kier alpha value is -3.68. The van der Waals surface area contributed by atoms with E-state index in [1.165, 1.54) is 0 Å². The zero-order valence-electron chi connectivity index (χ0n) is 14.2. The van der Waals surface area contributed by atoms with Gasteiger partial charge in [0.2, 0.25) is 5.91 Å². The standard InChI is InChI=1S/C19H17N3O5/c23-15(21-16(18(25)26)12-6-2-1-3-7-12)10-11-22-17(24)13-8-4-5-9-14(13)20-19(22)27/h1-9,16H,10-11H2,(H,20,27)(H,21,23)(H,25,26)/t16-/m0/s1. The Bertz CT molecular complexity index is 1100. The molecular weight excluding hydrogens is 350 g/mol. The molecule has 8 nitrogen and oxygen atoms in total. The molecule has 0 aliphatic rings. The van der Waals surface area contributed by atoms with Gasteiger partial charge in [-0.15, -0.1) is 0 Å². The summed E-state index contributed by atoms with van der Waals surface area (Å²) in [5.74, 6) is -1.78. The lowest BCUT2D eigenvalue weighted by Crippen LogP contribution is -2.38. The van der Waals surface area contributed by atoms with Gasteiger partial charge in [-0.05, 0) is 17.7 Å². The molecule has 0 aliphatic carbocycles. The summed E-state index contributed by atoms with van der Waals surface area (Å²) in [6.45, 7) is -0.161. The number of aromatic amines is 1. The van der Waals surface area contributed by atoms with Gasteiger partial charge < -0.3 is 15.4 Å². The van der Waals surface area contributed by atoms with Crippen LogP contribution in [0.3, 0.4) is 0 Å². The highest BCUT2D eigenvalue weighted by Crippen LogP contribution is 2.12. The molecule has 0 saturated heterocycles. The van der Waals surface area contributed by atoms with Crippen LogP contribution < -0.4 is 16.6 Å². The van der Waals surface area contributed by atoms with Crippen molar-refractivity contribution in [2.45, 2.75) is 19.0 Å². The zero-order valence-corrected chi connectivity index (χ0v) is 14.2. The number of aliphatic carboxylic acids is 1. The summed E-state index contributed by atoms with van der Waals surface area (Å²) < 4.78 is 0.931. The van der Waals surface area contributed by atoms with Crippen LogP contribution in [0.1, 0.15) is 18.0 Å². The maximum Gasteiger partial charge on any atom is 0.330 e. The molecule has 3 rings (SSSR count). The number of fused-ring (bicyclic) bond motifs is 1. The van der Waals surface area contributed by atoms with Crippen LogP contribution in [0.15, 0.2) is 64.2 Å². The molecule has 3 N–H and O–H groups in total. The van der Waals surface area contributed by atoms with Crippen molar-refractivity contribution in [3.05, 3.63) is 81.0 Å². The molecule has 27 heavy (non-hydrogen) atoms. The summed E-state index contributed by atoms with van der Waals surface area (Å²) in [5, 5.41) is 12.1. The fourth-order valence-corrected chi connectivity index (χ4v) is 2.78. The average Bonchev–Trinajstić information content (AvgIpc) is 2.66. The second kappa shape index (κ2) is 7.69. The first-order valence-electron chi connectivity index (χ1n) is 8.26. The van der Waals surface area contributed by atoms with Crippen LogP contribution in [0, 0.1) is 0 Å². The lowest BCUT2D eigenvalue weighted by molar-refractivity contribution is -0.142. The summed E-state index contributed by atoms with van der Waals surface area (Å²) in [5.41, 5.74) is -0.272. The van der Waals surface area contributed by atoms with Gasteiger partial charge in [-0.2, -0.15) is 0 Å². The third-order valence-corrected chi connectivity index (χ3v) is 4.14. The first-order valence-corrected chi connectivity index (χ1v) is 8.26. The second-order valence-electron chi connectivity index (χ2n) is 5.93. The van der Waals surface area contributed by atoms with Gasteiger partial charge in [0.1, 0.15) is 0 Å². The van der Waals surface area contributed by atoms with Crippen molar-refractivity contribution in [1.82, 2.24) is 14.9 Å². The van der Waals surface area contributed by atoms with Crippen LogP contribution in [0.4, 0.5) is 0 Å². The number of carboxylic acid groups (broad SMARTS) is 1. The Morgan fingerprint density at radius 2 is 1.70 bits per heavy atom. The van der Waals surface area contributed by atoms with E-state index in [-0.39, 0.29) is 13.0 Å². The average molecular weight is 367 g/mol. The highest BCUT2D eigenvalue weighted by atomic mass is 16.4. The molecule has 1 heterocycles. The predicted molar refractivity (Wildman–Crippen MR) is 98.4 cm³/mol. The van der Waals surface area contributed by atoms with E-state index in [4.69, 9.17) is 0 Å². The molecule has 3 aromatic rings. The molecule has 0 unspecified atom stereocenters. The van der Waals surface area contributed by atoms with Crippen molar-refractivity contribution in [2.24, 2.45) is 0 Å². The molecular formula is C19H17N3O5. The number of amides is 1.